The molecule has 0 N–H and O–H groups in total. The lowest BCUT2D eigenvalue weighted by atomic mass is 10.1. The molecule has 0 radical (unpaired) electrons. The minimum absolute atomic E-state index is 0.143. The highest BCUT2D eigenvalue weighted by Gasteiger charge is 2.26. The molecule has 33 heavy (non-hydrogen) atoms. The van der Waals surface area contributed by atoms with Gasteiger partial charge in [-0.05, 0) is 49.2 Å². The fourth-order valence-corrected chi connectivity index (χ4v) is 5.21. The second-order valence-electron chi connectivity index (χ2n) is 8.22. The van der Waals surface area contributed by atoms with E-state index >= 15 is 0 Å². The van der Waals surface area contributed by atoms with Gasteiger partial charge in [0.05, 0.1) is 22.3 Å². The molecule has 4 rings (SSSR count). The van der Waals surface area contributed by atoms with Gasteiger partial charge in [-0.3, -0.25) is 14.1 Å². The van der Waals surface area contributed by atoms with Gasteiger partial charge in [-0.25, -0.2) is 8.42 Å². The van der Waals surface area contributed by atoms with Crippen LogP contribution in [0.15, 0.2) is 71.9 Å². The lowest BCUT2D eigenvalue weighted by molar-refractivity contribution is 0.0746. The van der Waals surface area contributed by atoms with Gasteiger partial charge >= 0.3 is 0 Å². The predicted octanol–water partition coefficient (Wildman–Crippen LogP) is 3.49. The number of carbonyl (C=O) groups excluding carboxylic acids is 1. The van der Waals surface area contributed by atoms with Crippen LogP contribution in [0.4, 0.5) is 11.4 Å². The minimum Gasteiger partial charge on any atom is -0.368 e. The molecule has 172 valence electrons. The van der Waals surface area contributed by atoms with Crippen LogP contribution in [0, 0.1) is 13.8 Å². The average molecular weight is 465 g/mol. The standard InChI is InChI=1S/C25H28N4O3S/c1-19-8-7-11-24(20(19)2)28-12-14-29(15-13-28)25(30)21-16-22(18-26-17-21)27(3)33(31,32)23-9-5-4-6-10-23/h4-11,16-18H,12-15H2,1-3H3. The van der Waals surface area contributed by atoms with Crippen LogP contribution in [-0.4, -0.2) is 57.4 Å². The lowest BCUT2D eigenvalue weighted by Crippen LogP contribution is -2.49. The van der Waals surface area contributed by atoms with Crippen molar-refractivity contribution in [3.8, 4) is 0 Å². The molecule has 1 aromatic heterocycles. The molecule has 0 aliphatic carbocycles. The van der Waals surface area contributed by atoms with Gasteiger partial charge in [-0.2, -0.15) is 0 Å². The molecule has 0 unspecified atom stereocenters. The topological polar surface area (TPSA) is 73.8 Å². The third-order valence-electron chi connectivity index (χ3n) is 6.22. The maximum atomic E-state index is 13.2. The third kappa shape index (κ3) is 4.57. The van der Waals surface area contributed by atoms with E-state index in [-0.39, 0.29) is 10.8 Å². The number of rotatable bonds is 5. The fraction of sp³-hybridized carbons (Fsp3) is 0.280. The number of benzene rings is 2. The summed E-state index contributed by atoms with van der Waals surface area (Å²) in [7, 11) is -2.27. The first-order chi connectivity index (χ1) is 15.8. The van der Waals surface area contributed by atoms with E-state index in [1.54, 1.807) is 41.3 Å². The summed E-state index contributed by atoms with van der Waals surface area (Å²) >= 11 is 0. The van der Waals surface area contributed by atoms with Gasteiger partial charge in [0.1, 0.15) is 0 Å². The molecule has 1 amide bonds. The molecule has 0 bridgehead atoms. The highest BCUT2D eigenvalue weighted by molar-refractivity contribution is 7.92. The van der Waals surface area contributed by atoms with Crippen molar-refractivity contribution in [3.63, 3.8) is 0 Å². The molecule has 0 spiro atoms. The van der Waals surface area contributed by atoms with Crippen LogP contribution in [0.2, 0.25) is 0 Å². The van der Waals surface area contributed by atoms with Crippen LogP contribution >= 0.6 is 0 Å². The first kappa shape index (κ1) is 22.8. The summed E-state index contributed by atoms with van der Waals surface area (Å²) in [6, 6.07) is 16.1. The number of aromatic nitrogens is 1. The summed E-state index contributed by atoms with van der Waals surface area (Å²) in [4.78, 5) is 21.6. The number of pyridine rings is 1. The van der Waals surface area contributed by atoms with Gasteiger partial charge in [0.2, 0.25) is 0 Å². The SMILES string of the molecule is Cc1cccc(N2CCN(C(=O)c3cncc(N(C)S(=O)(=O)c4ccccc4)c3)CC2)c1C. The maximum absolute atomic E-state index is 13.2. The van der Waals surface area contributed by atoms with E-state index in [0.29, 0.717) is 24.3 Å². The molecule has 2 heterocycles. The lowest BCUT2D eigenvalue weighted by Gasteiger charge is -2.37. The quantitative estimate of drug-likeness (QED) is 0.578. The summed E-state index contributed by atoms with van der Waals surface area (Å²) < 4.78 is 27.0. The molecule has 1 aliphatic rings. The molecule has 3 aromatic rings. The number of anilines is 2. The van der Waals surface area contributed by atoms with E-state index in [2.05, 4.69) is 41.9 Å². The summed E-state index contributed by atoms with van der Waals surface area (Å²) in [5, 5.41) is 0. The van der Waals surface area contributed by atoms with Gasteiger partial charge in [-0.15, -0.1) is 0 Å². The first-order valence-corrected chi connectivity index (χ1v) is 12.3. The number of piperazine rings is 1. The minimum atomic E-state index is -3.74. The molecule has 0 atom stereocenters. The van der Waals surface area contributed by atoms with Gasteiger partial charge < -0.3 is 9.80 Å². The van der Waals surface area contributed by atoms with Crippen LogP contribution in [0.1, 0.15) is 21.5 Å². The van der Waals surface area contributed by atoms with E-state index in [4.69, 9.17) is 0 Å². The average Bonchev–Trinajstić information content (AvgIpc) is 2.85. The number of hydrogen-bond donors (Lipinski definition) is 0. The maximum Gasteiger partial charge on any atom is 0.264 e. The van der Waals surface area contributed by atoms with Crippen LogP contribution in [0.3, 0.4) is 0 Å². The van der Waals surface area contributed by atoms with Crippen molar-refractivity contribution in [2.24, 2.45) is 0 Å². The Kier molecular flexibility index (Phi) is 6.37. The van der Waals surface area contributed by atoms with Crippen molar-refractivity contribution in [1.29, 1.82) is 0 Å². The molecule has 1 saturated heterocycles. The highest BCUT2D eigenvalue weighted by Crippen LogP contribution is 2.25. The van der Waals surface area contributed by atoms with Crippen molar-refractivity contribution in [2.45, 2.75) is 18.7 Å². The smallest absolute Gasteiger partial charge is 0.264 e. The van der Waals surface area contributed by atoms with Gasteiger partial charge in [0.25, 0.3) is 15.9 Å². The van der Waals surface area contributed by atoms with Crippen LogP contribution in [-0.2, 0) is 10.0 Å². The molecule has 7 nitrogen and oxygen atoms in total. The Morgan fingerprint density at radius 1 is 0.939 bits per heavy atom. The molecular formula is C25H28N4O3S. The summed E-state index contributed by atoms with van der Waals surface area (Å²) in [5.74, 6) is -0.143. The first-order valence-electron chi connectivity index (χ1n) is 10.9. The van der Waals surface area contributed by atoms with Crippen molar-refractivity contribution in [2.75, 3.05) is 42.4 Å². The normalized spacial score (nSPS) is 14.3. The largest absolute Gasteiger partial charge is 0.368 e. The van der Waals surface area contributed by atoms with E-state index in [1.165, 1.54) is 36.3 Å². The zero-order valence-electron chi connectivity index (χ0n) is 19.1. The zero-order chi connectivity index (χ0) is 23.6. The van der Waals surface area contributed by atoms with E-state index in [0.717, 1.165) is 17.4 Å². The van der Waals surface area contributed by atoms with Crippen LogP contribution in [0.5, 0.6) is 0 Å². The van der Waals surface area contributed by atoms with Crippen molar-refractivity contribution < 1.29 is 13.2 Å². The monoisotopic (exact) mass is 464 g/mol. The van der Waals surface area contributed by atoms with Crippen molar-refractivity contribution in [3.05, 3.63) is 83.7 Å². The molecule has 1 fully saturated rings. The molecule has 8 heteroatoms. The Bertz CT molecular complexity index is 1250. The Hall–Kier alpha value is -3.39. The zero-order valence-corrected chi connectivity index (χ0v) is 19.9. The number of hydrogen-bond acceptors (Lipinski definition) is 5. The Labute approximate surface area is 195 Å². The summed E-state index contributed by atoms with van der Waals surface area (Å²) in [6.07, 6.45) is 2.95. The summed E-state index contributed by atoms with van der Waals surface area (Å²) in [6.45, 7) is 6.90. The van der Waals surface area contributed by atoms with E-state index in [1.807, 2.05) is 0 Å². The fourth-order valence-electron chi connectivity index (χ4n) is 4.02. The Morgan fingerprint density at radius 3 is 2.33 bits per heavy atom. The van der Waals surface area contributed by atoms with Gasteiger partial charge in [0.15, 0.2) is 0 Å². The van der Waals surface area contributed by atoms with Gasteiger partial charge in [-0.1, -0.05) is 30.3 Å². The van der Waals surface area contributed by atoms with Crippen LogP contribution < -0.4 is 9.21 Å². The second kappa shape index (κ2) is 9.23. The Balaban J connectivity index is 1.48. The van der Waals surface area contributed by atoms with Crippen molar-refractivity contribution >= 4 is 27.3 Å². The Morgan fingerprint density at radius 2 is 1.64 bits per heavy atom. The van der Waals surface area contributed by atoms with E-state index in [9.17, 15) is 13.2 Å². The number of sulfonamides is 1. The van der Waals surface area contributed by atoms with Gasteiger partial charge in [0, 0.05) is 45.1 Å². The number of carbonyl (C=O) groups is 1. The van der Waals surface area contributed by atoms with E-state index < -0.39 is 10.0 Å². The predicted molar refractivity (Wildman–Crippen MR) is 130 cm³/mol. The molecule has 2 aromatic carbocycles. The molecule has 1 aliphatic heterocycles. The van der Waals surface area contributed by atoms with Crippen LogP contribution in [0.25, 0.3) is 0 Å². The summed E-state index contributed by atoms with van der Waals surface area (Å²) in [5.41, 5.74) is 4.44. The van der Waals surface area contributed by atoms with Crippen molar-refractivity contribution in [1.82, 2.24) is 9.88 Å². The number of aryl methyl sites for hydroxylation is 1. The highest BCUT2D eigenvalue weighted by atomic mass is 32.2. The third-order valence-corrected chi connectivity index (χ3v) is 8.02. The number of nitrogens with zero attached hydrogens (tertiary/aromatic N) is 4. The number of amides is 1. The molecular weight excluding hydrogens is 436 g/mol. The second-order valence-corrected chi connectivity index (χ2v) is 10.2. The molecule has 0 saturated carbocycles.